The molecule has 0 amide bonds. The summed E-state index contributed by atoms with van der Waals surface area (Å²) in [5.41, 5.74) is -3.00. The molecule has 0 saturated carbocycles. The molecule has 1 radical (unpaired) electrons. The van der Waals surface area contributed by atoms with Gasteiger partial charge in [-0.25, -0.2) is 0 Å². The molecule has 3 aromatic carbocycles. The fourth-order valence-corrected chi connectivity index (χ4v) is 5.46. The van der Waals surface area contributed by atoms with Crippen LogP contribution in [0, 0.1) is 57.2 Å². The average Bonchev–Trinajstić information content (AvgIpc) is 3.56. The quantitative estimate of drug-likeness (QED) is 0.131. The summed E-state index contributed by atoms with van der Waals surface area (Å²) in [5, 5.41) is -0.0222. The third kappa shape index (κ3) is 7.64. The van der Waals surface area contributed by atoms with E-state index in [9.17, 15) is 0 Å². The van der Waals surface area contributed by atoms with Crippen molar-refractivity contribution in [3.05, 3.63) is 112 Å². The zero-order valence-electron chi connectivity index (χ0n) is 46.9. The number of benzene rings is 3. The summed E-state index contributed by atoms with van der Waals surface area (Å²) in [7, 11) is 0. The normalized spacial score (nSPS) is 19.6. The van der Waals surface area contributed by atoms with Crippen LogP contribution in [0.4, 0.5) is 0 Å². The van der Waals surface area contributed by atoms with Crippen molar-refractivity contribution in [2.75, 3.05) is 0 Å². The van der Waals surface area contributed by atoms with Crippen molar-refractivity contribution in [2.45, 2.75) is 88.5 Å². The zero-order valence-corrected chi connectivity index (χ0v) is 30.3. The van der Waals surface area contributed by atoms with Gasteiger partial charge >= 0.3 is 0 Å². The van der Waals surface area contributed by atoms with Crippen LogP contribution < -0.4 is 0 Å². The fourth-order valence-electron chi connectivity index (χ4n) is 5.46. The number of hydrogen-bond donors (Lipinski definition) is 0. The van der Waals surface area contributed by atoms with Crippen LogP contribution in [0.3, 0.4) is 0 Å². The number of rotatable bonds is 4. The Bertz CT molecular complexity index is 2970. The molecule has 0 spiro atoms. The van der Waals surface area contributed by atoms with Gasteiger partial charge in [0.2, 0.25) is 0 Å². The summed E-state index contributed by atoms with van der Waals surface area (Å²) in [6.45, 7) is -3.74. The van der Waals surface area contributed by atoms with Crippen LogP contribution in [0.15, 0.2) is 65.3 Å². The van der Waals surface area contributed by atoms with Crippen LogP contribution in [0.5, 0.6) is 0 Å². The van der Waals surface area contributed by atoms with E-state index in [1.807, 2.05) is 59.7 Å². The van der Waals surface area contributed by atoms with Crippen LogP contribution in [-0.4, -0.2) is 15.0 Å². The molecule has 0 atom stereocenters. The number of aromatic nitrogens is 3. The van der Waals surface area contributed by atoms with E-state index in [4.69, 9.17) is 30.5 Å². The van der Waals surface area contributed by atoms with Gasteiger partial charge in [0.05, 0.1) is 11.1 Å². The molecule has 0 aliphatic rings. The smallest absolute Gasteiger partial charge is 0.124 e. The van der Waals surface area contributed by atoms with Crippen molar-refractivity contribution in [1.29, 1.82) is 0 Å². The van der Waals surface area contributed by atoms with Crippen molar-refractivity contribution in [2.24, 2.45) is 10.8 Å². The molecule has 0 unspecified atom stereocenters. The van der Waals surface area contributed by atoms with E-state index in [1.165, 1.54) is 12.3 Å². The van der Waals surface area contributed by atoms with Gasteiger partial charge in [-0.1, -0.05) is 70.2 Å². The summed E-state index contributed by atoms with van der Waals surface area (Å²) < 4.78 is 161. The minimum atomic E-state index is -3.11. The van der Waals surface area contributed by atoms with Crippen LogP contribution in [0.2, 0.25) is 0 Å². The molecule has 4 heterocycles. The minimum Gasteiger partial charge on any atom is -0.500 e. The SMILES string of the molecule is [2H]C([2H])([2H])c1cc2oc3c[c-]c(-c4cc(C([2H])([2H])[2H])c(C([2H])([2H])[2H])cn4)c4c(C([2H])([2H])[2H])c(C([2H])([2H])[2H])c(n1)c2c34.[2H]C([2H])(c1cnc(-c2[c-]cccc2)cc1C([2H])([2H])C(C)(C)C)C(C)(C)C.[Ir]. The van der Waals surface area contributed by atoms with Crippen LogP contribution in [0.25, 0.3) is 55.4 Å². The predicted octanol–water partition coefficient (Wildman–Crippen LogP) is 11.7. The number of nitrogens with zero attached hydrogens (tertiary/aromatic N) is 3. The Morgan fingerprint density at radius 2 is 1.49 bits per heavy atom. The Labute approximate surface area is 332 Å². The van der Waals surface area contributed by atoms with E-state index in [2.05, 4.69) is 27.1 Å². The Hall–Kier alpha value is -3.92. The molecule has 0 aliphatic carbocycles. The second-order valence-corrected chi connectivity index (χ2v) is 13.6. The van der Waals surface area contributed by atoms with Gasteiger partial charge in [-0.15, -0.1) is 53.6 Å². The first kappa shape index (κ1) is 18.9. The summed E-state index contributed by atoms with van der Waals surface area (Å²) in [4.78, 5) is 12.7. The van der Waals surface area contributed by atoms with E-state index in [0.717, 1.165) is 23.9 Å². The Morgan fingerprint density at radius 3 is 2.16 bits per heavy atom. The maximum absolute atomic E-state index is 8.77. The molecule has 255 valence electrons. The number of furan rings is 1. The van der Waals surface area contributed by atoms with Gasteiger partial charge in [0, 0.05) is 75.7 Å². The molecular formula is C44H47IrN3O-2. The van der Waals surface area contributed by atoms with Gasteiger partial charge in [-0.3, -0.25) is 4.98 Å². The maximum Gasteiger partial charge on any atom is 0.124 e. The summed E-state index contributed by atoms with van der Waals surface area (Å²) in [5.74, 6) is 0. The van der Waals surface area contributed by atoms with Gasteiger partial charge in [0.1, 0.15) is 5.58 Å². The van der Waals surface area contributed by atoms with Crippen LogP contribution in [0.1, 0.15) is 107 Å². The standard InChI is InChI=1S/C23H19N2O.C21H28N.Ir/c1-11-8-17(24-10-12(11)2)16-6-7-18-21-20(16)14(4)15(5)23-22(21)19(26-18)9-13(3)25-23;1-20(2,3)13-17-12-19(16-10-8-7-9-11-16)22-15-18(17)14-21(4,5)6;/h7-10H,1-5H3;7-10,12,15H,13-14H2,1-6H3;/q2*-1;/i1D3,2D3,3D3,4D3,5D3;13D2,14D2;. The molecule has 0 bridgehead atoms. The first-order valence-corrected chi connectivity index (χ1v) is 15.3. The zero-order chi connectivity index (χ0) is 50.6. The average molecular weight is 845 g/mol. The van der Waals surface area contributed by atoms with E-state index in [0.29, 0.717) is 16.8 Å². The first-order chi connectivity index (χ1) is 30.2. The molecule has 0 fully saturated rings. The van der Waals surface area contributed by atoms with Gasteiger partial charge in [-0.2, -0.15) is 0 Å². The van der Waals surface area contributed by atoms with E-state index in [-0.39, 0.29) is 64.2 Å². The second-order valence-electron chi connectivity index (χ2n) is 13.6. The monoisotopic (exact) mass is 845 g/mol. The molecule has 5 heteroatoms. The van der Waals surface area contributed by atoms with Crippen molar-refractivity contribution in [1.82, 2.24) is 15.0 Å². The first-order valence-electron chi connectivity index (χ1n) is 24.8. The Balaban J connectivity index is 0.000000277. The molecule has 49 heavy (non-hydrogen) atoms. The van der Waals surface area contributed by atoms with Gasteiger partial charge in [0.25, 0.3) is 0 Å². The third-order valence-corrected chi connectivity index (χ3v) is 7.35. The van der Waals surface area contributed by atoms with Crippen LogP contribution in [-0.2, 0) is 32.9 Å². The topological polar surface area (TPSA) is 51.8 Å². The fraction of sp³-hybridized carbons (Fsp3) is 0.341. The Kier molecular flexibility index (Phi) is 5.31. The van der Waals surface area contributed by atoms with Crippen molar-refractivity contribution < 1.29 is 50.6 Å². The number of hydrogen-bond acceptors (Lipinski definition) is 4. The van der Waals surface area contributed by atoms with Gasteiger partial charge in [-0.05, 0) is 96.9 Å². The summed E-state index contributed by atoms with van der Waals surface area (Å²) in [6, 6.07) is 18.5. The van der Waals surface area contributed by atoms with Crippen molar-refractivity contribution in [3.63, 3.8) is 0 Å². The van der Waals surface area contributed by atoms with Crippen molar-refractivity contribution >= 4 is 32.8 Å². The predicted molar refractivity (Wildman–Crippen MR) is 201 cm³/mol. The summed E-state index contributed by atoms with van der Waals surface area (Å²) >= 11 is 0. The molecule has 0 N–H and O–H groups in total. The van der Waals surface area contributed by atoms with E-state index >= 15 is 0 Å². The summed E-state index contributed by atoms with van der Waals surface area (Å²) in [6.07, 6.45) is -1.09. The molecule has 0 saturated heterocycles. The van der Waals surface area contributed by atoms with E-state index in [1.54, 1.807) is 12.1 Å². The molecule has 7 rings (SSSR count). The Morgan fingerprint density at radius 1 is 0.735 bits per heavy atom. The molecular weight excluding hydrogens is 779 g/mol. The van der Waals surface area contributed by atoms with Gasteiger partial charge in [0.15, 0.2) is 0 Å². The third-order valence-electron chi connectivity index (χ3n) is 7.35. The maximum atomic E-state index is 8.77. The van der Waals surface area contributed by atoms with E-state index < -0.39 is 85.8 Å². The van der Waals surface area contributed by atoms with Gasteiger partial charge < -0.3 is 14.4 Å². The largest absolute Gasteiger partial charge is 0.500 e. The second kappa shape index (κ2) is 13.8. The number of aryl methyl sites for hydroxylation is 5. The van der Waals surface area contributed by atoms with Crippen molar-refractivity contribution in [3.8, 4) is 22.5 Å². The molecule has 4 nitrogen and oxygen atoms in total. The van der Waals surface area contributed by atoms with Crippen LogP contribution >= 0.6 is 0 Å². The molecule has 0 aliphatic heterocycles. The molecule has 7 aromatic rings. The minimum absolute atomic E-state index is 0. The molecule has 4 aromatic heterocycles. The number of pyridine rings is 3.